The van der Waals surface area contributed by atoms with E-state index >= 15 is 0 Å². The lowest BCUT2D eigenvalue weighted by Crippen LogP contribution is -1.93. The van der Waals surface area contributed by atoms with Crippen molar-refractivity contribution >= 4 is 0 Å². The Labute approximate surface area is 78.5 Å². The highest BCUT2D eigenvalue weighted by molar-refractivity contribution is 5.49. The number of ether oxygens (including phenoxy) is 1. The van der Waals surface area contributed by atoms with Gasteiger partial charge in [-0.25, -0.2) is 9.37 Å². The molecule has 0 aromatic carbocycles. The molecule has 0 atom stereocenters. The van der Waals surface area contributed by atoms with Crippen LogP contribution in [0.5, 0.6) is 5.75 Å². The molecule has 0 aliphatic carbocycles. The van der Waals surface area contributed by atoms with Gasteiger partial charge in [-0.1, -0.05) is 5.16 Å². The van der Waals surface area contributed by atoms with Crippen molar-refractivity contribution in [3.8, 4) is 17.3 Å². The number of methoxy groups -OCH3 is 1. The number of hydrogen-bond acceptors (Lipinski definition) is 5. The molecule has 2 aromatic heterocycles. The van der Waals surface area contributed by atoms with Gasteiger partial charge in [0.1, 0.15) is 11.4 Å². The predicted molar refractivity (Wildman–Crippen MR) is 44.0 cm³/mol. The second-order valence-corrected chi connectivity index (χ2v) is 2.46. The Balaban J connectivity index is 2.46. The predicted octanol–water partition coefficient (Wildman–Crippen LogP) is 1.28. The molecule has 0 bridgehead atoms. The van der Waals surface area contributed by atoms with E-state index in [1.807, 2.05) is 0 Å². The van der Waals surface area contributed by atoms with Crippen LogP contribution in [0.2, 0.25) is 0 Å². The molecule has 6 heteroatoms. The molecule has 14 heavy (non-hydrogen) atoms. The van der Waals surface area contributed by atoms with Crippen molar-refractivity contribution in [2.45, 2.75) is 0 Å². The third-order valence-corrected chi connectivity index (χ3v) is 1.62. The van der Waals surface area contributed by atoms with Crippen molar-refractivity contribution in [3.63, 3.8) is 0 Å². The summed E-state index contributed by atoms with van der Waals surface area (Å²) in [4.78, 5) is 7.49. The third-order valence-electron chi connectivity index (χ3n) is 1.62. The number of pyridine rings is 1. The zero-order valence-electron chi connectivity index (χ0n) is 7.27. The average molecular weight is 195 g/mol. The molecule has 2 rings (SSSR count). The molecule has 0 aliphatic heterocycles. The zero-order valence-corrected chi connectivity index (χ0v) is 7.27. The maximum Gasteiger partial charge on any atom is 0.223 e. The highest BCUT2D eigenvalue weighted by Gasteiger charge is 2.11. The first-order valence-electron chi connectivity index (χ1n) is 3.77. The number of rotatable bonds is 2. The number of aromatic nitrogens is 3. The smallest absolute Gasteiger partial charge is 0.223 e. The topological polar surface area (TPSA) is 61.0 Å². The van der Waals surface area contributed by atoms with Crippen LogP contribution < -0.4 is 4.74 Å². The van der Waals surface area contributed by atoms with Crippen LogP contribution in [0.15, 0.2) is 23.2 Å². The van der Waals surface area contributed by atoms with Crippen LogP contribution >= 0.6 is 0 Å². The van der Waals surface area contributed by atoms with Gasteiger partial charge in [-0.05, 0) is 0 Å². The average Bonchev–Trinajstić information content (AvgIpc) is 2.70. The van der Waals surface area contributed by atoms with Crippen LogP contribution in [0.4, 0.5) is 4.39 Å². The molecule has 0 saturated carbocycles. The van der Waals surface area contributed by atoms with Crippen molar-refractivity contribution in [2.24, 2.45) is 0 Å². The third kappa shape index (κ3) is 1.41. The first-order valence-corrected chi connectivity index (χ1v) is 3.77. The molecule has 0 unspecified atom stereocenters. The molecular weight excluding hydrogens is 189 g/mol. The first-order chi connectivity index (χ1) is 6.81. The van der Waals surface area contributed by atoms with Gasteiger partial charge >= 0.3 is 0 Å². The van der Waals surface area contributed by atoms with Crippen LogP contribution in [0.25, 0.3) is 11.5 Å². The van der Waals surface area contributed by atoms with Gasteiger partial charge in [0.15, 0.2) is 5.82 Å². The van der Waals surface area contributed by atoms with E-state index in [2.05, 4.69) is 19.6 Å². The molecule has 0 spiro atoms. The summed E-state index contributed by atoms with van der Waals surface area (Å²) in [6.45, 7) is 0. The van der Waals surface area contributed by atoms with Crippen molar-refractivity contribution in [3.05, 3.63) is 24.5 Å². The molecule has 72 valence electrons. The largest absolute Gasteiger partial charge is 0.495 e. The molecule has 0 N–H and O–H groups in total. The van der Waals surface area contributed by atoms with Gasteiger partial charge in [0.05, 0.1) is 13.3 Å². The van der Waals surface area contributed by atoms with Crippen molar-refractivity contribution < 1.29 is 13.7 Å². The highest BCUT2D eigenvalue weighted by Crippen LogP contribution is 2.19. The van der Waals surface area contributed by atoms with E-state index in [0.717, 1.165) is 6.39 Å². The molecule has 5 nitrogen and oxygen atoms in total. The van der Waals surface area contributed by atoms with E-state index < -0.39 is 5.82 Å². The van der Waals surface area contributed by atoms with E-state index in [4.69, 9.17) is 4.74 Å². The van der Waals surface area contributed by atoms with Gasteiger partial charge in [-0.2, -0.15) is 4.98 Å². The van der Waals surface area contributed by atoms with Crippen LogP contribution in [0, 0.1) is 5.82 Å². The second kappa shape index (κ2) is 3.41. The standard InChI is InChI=1S/C8H6FN3O2/c1-13-5-2-6(9)7(10-3-5)8-11-4-14-12-8/h2-4H,1H3. The number of hydrogen-bond donors (Lipinski definition) is 0. The Morgan fingerprint density at radius 1 is 1.43 bits per heavy atom. The van der Waals surface area contributed by atoms with Gasteiger partial charge < -0.3 is 9.26 Å². The van der Waals surface area contributed by atoms with Gasteiger partial charge in [0.25, 0.3) is 0 Å². The molecule has 0 amide bonds. The quantitative estimate of drug-likeness (QED) is 0.722. The number of halogens is 1. The minimum Gasteiger partial charge on any atom is -0.495 e. The molecule has 0 fully saturated rings. The highest BCUT2D eigenvalue weighted by atomic mass is 19.1. The molecular formula is C8H6FN3O2. The summed E-state index contributed by atoms with van der Waals surface area (Å²) in [7, 11) is 1.43. The Morgan fingerprint density at radius 2 is 2.29 bits per heavy atom. The summed E-state index contributed by atoms with van der Waals surface area (Å²) in [5, 5.41) is 3.47. The van der Waals surface area contributed by atoms with E-state index in [0.29, 0.717) is 5.75 Å². The minimum absolute atomic E-state index is 0.0413. The molecule has 0 radical (unpaired) electrons. The molecule has 2 heterocycles. The minimum atomic E-state index is -0.550. The van der Waals surface area contributed by atoms with Crippen LogP contribution in [-0.2, 0) is 0 Å². The first kappa shape index (κ1) is 8.61. The Bertz CT molecular complexity index is 430. The summed E-state index contributed by atoms with van der Waals surface area (Å²) in [5.74, 6) is -0.0920. The summed E-state index contributed by atoms with van der Waals surface area (Å²) in [5.41, 5.74) is 0.0413. The molecule has 2 aromatic rings. The SMILES string of the molecule is COc1cnc(-c2ncon2)c(F)c1. The Morgan fingerprint density at radius 3 is 2.86 bits per heavy atom. The molecule has 0 aliphatic rings. The lowest BCUT2D eigenvalue weighted by atomic mass is 10.3. The van der Waals surface area contributed by atoms with Gasteiger partial charge in [0, 0.05) is 6.07 Å². The van der Waals surface area contributed by atoms with Crippen LogP contribution in [0.1, 0.15) is 0 Å². The maximum atomic E-state index is 13.3. The fourth-order valence-corrected chi connectivity index (χ4v) is 0.971. The summed E-state index contributed by atoms with van der Waals surface area (Å²) >= 11 is 0. The van der Waals surface area contributed by atoms with E-state index in [1.165, 1.54) is 19.4 Å². The van der Waals surface area contributed by atoms with Gasteiger partial charge in [0.2, 0.25) is 12.2 Å². The Hall–Kier alpha value is -1.98. The van der Waals surface area contributed by atoms with Gasteiger partial charge in [-0.3, -0.25) is 0 Å². The second-order valence-electron chi connectivity index (χ2n) is 2.46. The van der Waals surface area contributed by atoms with Crippen LogP contribution in [0.3, 0.4) is 0 Å². The summed E-state index contributed by atoms with van der Waals surface area (Å²) in [6, 6.07) is 1.21. The maximum absolute atomic E-state index is 13.3. The fourth-order valence-electron chi connectivity index (χ4n) is 0.971. The molecule has 0 saturated heterocycles. The fraction of sp³-hybridized carbons (Fsp3) is 0.125. The van der Waals surface area contributed by atoms with Gasteiger partial charge in [-0.15, -0.1) is 0 Å². The van der Waals surface area contributed by atoms with E-state index in [-0.39, 0.29) is 11.5 Å². The number of nitrogens with zero attached hydrogens (tertiary/aromatic N) is 3. The summed E-state index contributed by atoms with van der Waals surface area (Å²) < 4.78 is 22.6. The normalized spacial score (nSPS) is 10.1. The monoisotopic (exact) mass is 195 g/mol. The lowest BCUT2D eigenvalue weighted by Gasteiger charge is -2.00. The van der Waals surface area contributed by atoms with Crippen molar-refractivity contribution in [2.75, 3.05) is 7.11 Å². The van der Waals surface area contributed by atoms with Crippen molar-refractivity contribution in [1.82, 2.24) is 15.1 Å². The zero-order chi connectivity index (χ0) is 9.97. The summed E-state index contributed by atoms with van der Waals surface area (Å²) in [6.07, 6.45) is 2.50. The van der Waals surface area contributed by atoms with Crippen molar-refractivity contribution in [1.29, 1.82) is 0 Å². The van der Waals surface area contributed by atoms with E-state index in [1.54, 1.807) is 0 Å². The van der Waals surface area contributed by atoms with E-state index in [9.17, 15) is 4.39 Å². The Kier molecular flexibility index (Phi) is 2.10. The van der Waals surface area contributed by atoms with Crippen LogP contribution in [-0.4, -0.2) is 22.2 Å². The lowest BCUT2D eigenvalue weighted by molar-refractivity contribution is 0.408.